The van der Waals surface area contributed by atoms with Crippen molar-refractivity contribution in [3.8, 4) is 11.5 Å². The van der Waals surface area contributed by atoms with Crippen molar-refractivity contribution in [3.63, 3.8) is 0 Å². The summed E-state index contributed by atoms with van der Waals surface area (Å²) in [6, 6.07) is 12.5. The van der Waals surface area contributed by atoms with E-state index in [2.05, 4.69) is 21.2 Å². The number of benzene rings is 2. The number of ether oxygens (including phenoxy) is 2. The molecule has 1 N–H and O–H groups in total. The Morgan fingerprint density at radius 3 is 2.67 bits per heavy atom. The highest BCUT2D eigenvalue weighted by Gasteiger charge is 2.11. The number of halogens is 1. The highest BCUT2D eigenvalue weighted by molar-refractivity contribution is 9.10. The van der Waals surface area contributed by atoms with Gasteiger partial charge in [-0.3, -0.25) is 4.79 Å². The van der Waals surface area contributed by atoms with E-state index in [9.17, 15) is 4.79 Å². The monoisotopic (exact) mass is 349 g/mol. The molecule has 0 aliphatic heterocycles. The Morgan fingerprint density at radius 2 is 2.00 bits per heavy atom. The van der Waals surface area contributed by atoms with Crippen LogP contribution in [0.15, 0.2) is 46.9 Å². The van der Waals surface area contributed by atoms with Crippen LogP contribution in [-0.4, -0.2) is 19.6 Å². The summed E-state index contributed by atoms with van der Waals surface area (Å²) in [6.45, 7) is 2.39. The van der Waals surface area contributed by atoms with Crippen molar-refractivity contribution in [2.45, 2.75) is 6.92 Å². The number of hydrogen-bond donors (Lipinski definition) is 1. The number of anilines is 1. The summed E-state index contributed by atoms with van der Waals surface area (Å²) in [5.74, 6) is 0.967. The van der Waals surface area contributed by atoms with E-state index in [0.29, 0.717) is 23.7 Å². The van der Waals surface area contributed by atoms with E-state index in [0.717, 1.165) is 10.2 Å². The topological polar surface area (TPSA) is 47.6 Å². The Hall–Kier alpha value is -2.01. The molecule has 0 spiro atoms. The van der Waals surface area contributed by atoms with Crippen LogP contribution in [0.5, 0.6) is 11.5 Å². The van der Waals surface area contributed by atoms with Gasteiger partial charge in [0.05, 0.1) is 13.7 Å². The normalized spacial score (nSPS) is 10.0. The molecule has 0 radical (unpaired) electrons. The molecule has 0 aromatic heterocycles. The molecule has 2 aromatic rings. The summed E-state index contributed by atoms with van der Waals surface area (Å²) < 4.78 is 11.6. The van der Waals surface area contributed by atoms with Crippen LogP contribution >= 0.6 is 15.9 Å². The Labute approximate surface area is 132 Å². The molecule has 0 fully saturated rings. The first-order valence-electron chi connectivity index (χ1n) is 6.51. The summed E-state index contributed by atoms with van der Waals surface area (Å²) in [7, 11) is 1.57. The van der Waals surface area contributed by atoms with Gasteiger partial charge in [0, 0.05) is 15.7 Å². The third-order valence-electron chi connectivity index (χ3n) is 2.81. The zero-order valence-electron chi connectivity index (χ0n) is 11.9. The van der Waals surface area contributed by atoms with Gasteiger partial charge in [-0.25, -0.2) is 0 Å². The van der Waals surface area contributed by atoms with Gasteiger partial charge >= 0.3 is 0 Å². The van der Waals surface area contributed by atoms with Gasteiger partial charge < -0.3 is 14.8 Å². The molecule has 110 valence electrons. The lowest BCUT2D eigenvalue weighted by Gasteiger charge is -2.11. The average molecular weight is 350 g/mol. The van der Waals surface area contributed by atoms with E-state index < -0.39 is 0 Å². The third-order valence-corrected chi connectivity index (χ3v) is 3.30. The van der Waals surface area contributed by atoms with Crippen molar-refractivity contribution in [3.05, 3.63) is 52.5 Å². The molecule has 2 rings (SSSR count). The predicted octanol–water partition coefficient (Wildman–Crippen LogP) is 4.11. The molecule has 0 aliphatic carbocycles. The fraction of sp³-hybridized carbons (Fsp3) is 0.188. The van der Waals surface area contributed by atoms with Gasteiger partial charge in [0.25, 0.3) is 5.91 Å². The summed E-state index contributed by atoms with van der Waals surface area (Å²) in [5.41, 5.74) is 1.24. The van der Waals surface area contributed by atoms with Crippen molar-refractivity contribution >= 4 is 27.5 Å². The van der Waals surface area contributed by atoms with E-state index in [-0.39, 0.29) is 5.91 Å². The smallest absolute Gasteiger partial charge is 0.255 e. The van der Waals surface area contributed by atoms with Crippen LogP contribution in [-0.2, 0) is 0 Å². The van der Waals surface area contributed by atoms with Gasteiger partial charge in [-0.05, 0) is 43.3 Å². The van der Waals surface area contributed by atoms with Crippen molar-refractivity contribution < 1.29 is 14.3 Å². The van der Waals surface area contributed by atoms with Crippen molar-refractivity contribution in [1.82, 2.24) is 0 Å². The van der Waals surface area contributed by atoms with Crippen LogP contribution in [0.1, 0.15) is 17.3 Å². The van der Waals surface area contributed by atoms with Crippen LogP contribution in [0.4, 0.5) is 5.69 Å². The molecule has 21 heavy (non-hydrogen) atoms. The van der Waals surface area contributed by atoms with Gasteiger partial charge in [-0.2, -0.15) is 0 Å². The van der Waals surface area contributed by atoms with Crippen molar-refractivity contribution in [2.75, 3.05) is 19.0 Å². The number of amides is 1. The minimum absolute atomic E-state index is 0.197. The lowest BCUT2D eigenvalue weighted by Crippen LogP contribution is -2.12. The van der Waals surface area contributed by atoms with E-state index >= 15 is 0 Å². The lowest BCUT2D eigenvalue weighted by molar-refractivity contribution is 0.102. The largest absolute Gasteiger partial charge is 0.493 e. The van der Waals surface area contributed by atoms with Gasteiger partial charge in [0.15, 0.2) is 11.5 Å². The Kier molecular flexibility index (Phi) is 5.22. The second-order valence-corrected chi connectivity index (χ2v) is 5.18. The molecule has 0 bridgehead atoms. The molecular formula is C16H16BrNO3. The number of nitrogens with one attached hydrogen (secondary N) is 1. The summed E-state index contributed by atoms with van der Waals surface area (Å²) in [4.78, 5) is 12.3. The van der Waals surface area contributed by atoms with Gasteiger partial charge in [0.1, 0.15) is 0 Å². The Bertz CT molecular complexity index is 643. The number of methoxy groups -OCH3 is 1. The van der Waals surface area contributed by atoms with Crippen molar-refractivity contribution in [1.29, 1.82) is 0 Å². The minimum atomic E-state index is -0.197. The fourth-order valence-corrected chi connectivity index (χ4v) is 2.25. The van der Waals surface area contributed by atoms with Crippen LogP contribution in [0.2, 0.25) is 0 Å². The minimum Gasteiger partial charge on any atom is -0.493 e. The van der Waals surface area contributed by atoms with Crippen molar-refractivity contribution in [2.24, 2.45) is 0 Å². The van der Waals surface area contributed by atoms with Crippen LogP contribution in [0, 0.1) is 0 Å². The van der Waals surface area contributed by atoms with E-state index in [1.165, 1.54) is 0 Å². The van der Waals surface area contributed by atoms with Crippen LogP contribution < -0.4 is 14.8 Å². The SMILES string of the molecule is CCOc1cc(C(=O)Nc2cccc(Br)c2)ccc1OC. The molecule has 5 heteroatoms. The highest BCUT2D eigenvalue weighted by atomic mass is 79.9. The predicted molar refractivity (Wildman–Crippen MR) is 86.3 cm³/mol. The van der Waals surface area contributed by atoms with Gasteiger partial charge in [0.2, 0.25) is 0 Å². The molecule has 0 aliphatic rings. The Morgan fingerprint density at radius 1 is 1.19 bits per heavy atom. The third kappa shape index (κ3) is 3.98. The van der Waals surface area contributed by atoms with E-state index in [1.54, 1.807) is 25.3 Å². The quantitative estimate of drug-likeness (QED) is 0.883. The molecule has 4 nitrogen and oxygen atoms in total. The van der Waals surface area contributed by atoms with Gasteiger partial charge in [-0.15, -0.1) is 0 Å². The second kappa shape index (κ2) is 7.13. The summed E-state index contributed by atoms with van der Waals surface area (Å²) in [6.07, 6.45) is 0. The van der Waals surface area contributed by atoms with Crippen LogP contribution in [0.3, 0.4) is 0 Å². The molecule has 0 atom stereocenters. The Balaban J connectivity index is 2.21. The van der Waals surface area contributed by atoms with E-state index in [4.69, 9.17) is 9.47 Å². The van der Waals surface area contributed by atoms with Gasteiger partial charge in [-0.1, -0.05) is 22.0 Å². The number of hydrogen-bond acceptors (Lipinski definition) is 3. The zero-order valence-corrected chi connectivity index (χ0v) is 13.4. The maximum atomic E-state index is 12.3. The second-order valence-electron chi connectivity index (χ2n) is 4.26. The highest BCUT2D eigenvalue weighted by Crippen LogP contribution is 2.28. The molecule has 0 saturated heterocycles. The number of carbonyl (C=O) groups is 1. The first kappa shape index (κ1) is 15.4. The average Bonchev–Trinajstić information content (AvgIpc) is 2.47. The fourth-order valence-electron chi connectivity index (χ4n) is 1.86. The number of carbonyl (C=O) groups excluding carboxylic acids is 1. The zero-order chi connectivity index (χ0) is 15.2. The molecule has 0 saturated carbocycles. The summed E-state index contributed by atoms with van der Waals surface area (Å²) >= 11 is 3.37. The molecule has 2 aromatic carbocycles. The maximum Gasteiger partial charge on any atom is 0.255 e. The molecule has 0 unspecified atom stereocenters. The first-order valence-corrected chi connectivity index (χ1v) is 7.31. The lowest BCUT2D eigenvalue weighted by atomic mass is 10.2. The standard InChI is InChI=1S/C16H16BrNO3/c1-3-21-15-9-11(7-8-14(15)20-2)16(19)18-13-6-4-5-12(17)10-13/h4-10H,3H2,1-2H3,(H,18,19). The number of rotatable bonds is 5. The molecular weight excluding hydrogens is 334 g/mol. The van der Waals surface area contributed by atoms with Crippen LogP contribution in [0.25, 0.3) is 0 Å². The maximum absolute atomic E-state index is 12.3. The van der Waals surface area contributed by atoms with E-state index in [1.807, 2.05) is 31.2 Å². The summed E-state index contributed by atoms with van der Waals surface area (Å²) in [5, 5.41) is 2.84. The molecule has 0 heterocycles. The molecule has 1 amide bonds. The first-order chi connectivity index (χ1) is 10.1.